The molecule has 0 spiro atoms. The van der Waals surface area contributed by atoms with E-state index in [2.05, 4.69) is 25.1 Å². The number of methoxy groups -OCH3 is 1. The summed E-state index contributed by atoms with van der Waals surface area (Å²) >= 11 is 0. The van der Waals surface area contributed by atoms with Gasteiger partial charge in [-0.2, -0.15) is 5.10 Å². The molecule has 0 atom stereocenters. The molecule has 2 N–H and O–H groups in total. The van der Waals surface area contributed by atoms with E-state index in [0.29, 0.717) is 34.0 Å². The molecule has 0 aliphatic rings. The molecule has 1 aromatic carbocycles. The molecule has 6 aromatic rings. The van der Waals surface area contributed by atoms with Crippen LogP contribution in [0.3, 0.4) is 0 Å². The molecular formula is C24H16FN7O. The number of nitrogens with one attached hydrogen (secondary N) is 2. The number of pyridine rings is 3. The third-order valence-corrected chi connectivity index (χ3v) is 5.40. The predicted molar refractivity (Wildman–Crippen MR) is 122 cm³/mol. The van der Waals surface area contributed by atoms with Gasteiger partial charge in [-0.3, -0.25) is 15.1 Å². The summed E-state index contributed by atoms with van der Waals surface area (Å²) < 4.78 is 18.7. The van der Waals surface area contributed by atoms with Gasteiger partial charge in [-0.25, -0.2) is 14.4 Å². The lowest BCUT2D eigenvalue weighted by Gasteiger charge is -2.03. The minimum absolute atomic E-state index is 0.301. The molecule has 0 aliphatic carbocycles. The van der Waals surface area contributed by atoms with Gasteiger partial charge in [0.05, 0.1) is 35.7 Å². The number of fused-ring (bicyclic) bond motifs is 2. The van der Waals surface area contributed by atoms with Crippen molar-refractivity contribution in [3.63, 3.8) is 0 Å². The topological polar surface area (TPSA) is 105 Å². The van der Waals surface area contributed by atoms with Gasteiger partial charge < -0.3 is 9.72 Å². The molecule has 33 heavy (non-hydrogen) atoms. The lowest BCUT2D eigenvalue weighted by molar-refractivity contribution is 0.413. The van der Waals surface area contributed by atoms with E-state index in [0.717, 1.165) is 27.9 Å². The molecule has 0 unspecified atom stereocenters. The number of H-pyrrole nitrogens is 2. The number of nitrogens with zero attached hydrogens (tertiary/aromatic N) is 5. The van der Waals surface area contributed by atoms with E-state index >= 15 is 0 Å². The Balaban J connectivity index is 1.48. The van der Waals surface area contributed by atoms with Crippen molar-refractivity contribution < 1.29 is 9.13 Å². The smallest absolute Gasteiger partial charge is 0.161 e. The van der Waals surface area contributed by atoms with E-state index in [-0.39, 0.29) is 5.82 Å². The average molecular weight is 437 g/mol. The second-order valence-electron chi connectivity index (χ2n) is 7.43. The lowest BCUT2D eigenvalue weighted by atomic mass is 10.1. The summed E-state index contributed by atoms with van der Waals surface area (Å²) in [6.07, 6.45) is 5.07. The average Bonchev–Trinajstić information content (AvgIpc) is 3.48. The fraction of sp³-hybridized carbons (Fsp3) is 0.0417. The van der Waals surface area contributed by atoms with Crippen molar-refractivity contribution in [1.82, 2.24) is 35.1 Å². The maximum atomic E-state index is 13.4. The van der Waals surface area contributed by atoms with E-state index in [1.807, 2.05) is 24.3 Å². The number of benzene rings is 1. The van der Waals surface area contributed by atoms with Gasteiger partial charge in [0, 0.05) is 23.5 Å². The molecule has 160 valence electrons. The van der Waals surface area contributed by atoms with Crippen LogP contribution in [0, 0.1) is 5.82 Å². The molecule has 0 radical (unpaired) electrons. The Hall–Kier alpha value is -4.66. The highest BCUT2D eigenvalue weighted by Gasteiger charge is 2.17. The molecule has 8 nitrogen and oxygen atoms in total. The van der Waals surface area contributed by atoms with Gasteiger partial charge in [0.1, 0.15) is 22.6 Å². The van der Waals surface area contributed by atoms with E-state index in [1.165, 1.54) is 12.1 Å². The second-order valence-corrected chi connectivity index (χ2v) is 7.43. The zero-order valence-corrected chi connectivity index (χ0v) is 17.4. The lowest BCUT2D eigenvalue weighted by Crippen LogP contribution is -1.89. The number of ether oxygens (including phenoxy) is 1. The van der Waals surface area contributed by atoms with Crippen molar-refractivity contribution in [2.45, 2.75) is 0 Å². The third kappa shape index (κ3) is 3.26. The van der Waals surface area contributed by atoms with Gasteiger partial charge in [0.25, 0.3) is 0 Å². The first-order valence-corrected chi connectivity index (χ1v) is 10.1. The zero-order valence-electron chi connectivity index (χ0n) is 17.4. The molecule has 0 aliphatic heterocycles. The molecule has 5 aromatic heterocycles. The van der Waals surface area contributed by atoms with Crippen LogP contribution >= 0.6 is 0 Å². The number of halogens is 1. The van der Waals surface area contributed by atoms with Gasteiger partial charge in [-0.1, -0.05) is 0 Å². The Bertz CT molecular complexity index is 1620. The molecule has 9 heteroatoms. The Morgan fingerprint density at radius 3 is 2.55 bits per heavy atom. The molecule has 0 saturated heterocycles. The van der Waals surface area contributed by atoms with Gasteiger partial charge in [0.2, 0.25) is 0 Å². The van der Waals surface area contributed by atoms with Crippen molar-refractivity contribution in [2.75, 3.05) is 7.11 Å². The maximum Gasteiger partial charge on any atom is 0.161 e. The summed E-state index contributed by atoms with van der Waals surface area (Å²) in [4.78, 5) is 21.6. The van der Waals surface area contributed by atoms with Crippen LogP contribution in [0.1, 0.15) is 0 Å². The van der Waals surface area contributed by atoms with Crippen LogP contribution in [0.15, 0.2) is 67.1 Å². The minimum atomic E-state index is -0.301. The second kappa shape index (κ2) is 7.49. The quantitative estimate of drug-likeness (QED) is 0.411. The highest BCUT2D eigenvalue weighted by Crippen LogP contribution is 2.31. The Labute approximate surface area is 186 Å². The SMILES string of the molecule is COc1cncc(-c2ccc3[nH]nc(-c4nc5c(-c6ccc(F)cc6)nccc5[nH]4)c3n2)c1. The Kier molecular flexibility index (Phi) is 4.32. The van der Waals surface area contributed by atoms with Crippen molar-refractivity contribution in [1.29, 1.82) is 0 Å². The van der Waals surface area contributed by atoms with Crippen molar-refractivity contribution in [2.24, 2.45) is 0 Å². The molecule has 0 fully saturated rings. The highest BCUT2D eigenvalue weighted by atomic mass is 19.1. The number of imidazole rings is 1. The van der Waals surface area contributed by atoms with Crippen LogP contribution in [0.2, 0.25) is 0 Å². The molecule has 6 rings (SSSR count). The van der Waals surface area contributed by atoms with Crippen molar-refractivity contribution in [3.05, 3.63) is 72.9 Å². The van der Waals surface area contributed by atoms with E-state index < -0.39 is 0 Å². The number of hydrogen-bond donors (Lipinski definition) is 2. The highest BCUT2D eigenvalue weighted by molar-refractivity contribution is 5.95. The first-order valence-electron chi connectivity index (χ1n) is 10.1. The predicted octanol–water partition coefficient (Wildman–Crippen LogP) is 4.77. The number of aromatic amines is 2. The molecule has 0 bridgehead atoms. The largest absolute Gasteiger partial charge is 0.495 e. The summed E-state index contributed by atoms with van der Waals surface area (Å²) in [5.41, 5.74) is 6.50. The van der Waals surface area contributed by atoms with Gasteiger partial charge in [-0.15, -0.1) is 0 Å². The van der Waals surface area contributed by atoms with Crippen molar-refractivity contribution in [3.8, 4) is 39.8 Å². The standard InChI is InChI=1S/C24H16FN7O/c1-33-16-10-14(11-26-12-16)17-6-7-19-22(28-17)23(32-31-19)24-29-18-8-9-27-20(21(18)30-24)13-2-4-15(25)5-3-13/h2-12H,1H3,(H,29,30)(H,31,32). The summed E-state index contributed by atoms with van der Waals surface area (Å²) in [6, 6.07) is 13.7. The van der Waals surface area contributed by atoms with Crippen LogP contribution in [-0.4, -0.2) is 42.2 Å². The molecule has 0 saturated carbocycles. The van der Waals surface area contributed by atoms with Crippen LogP contribution in [0.25, 0.3) is 56.1 Å². The van der Waals surface area contributed by atoms with E-state index in [1.54, 1.807) is 37.8 Å². The summed E-state index contributed by atoms with van der Waals surface area (Å²) in [6.45, 7) is 0. The summed E-state index contributed by atoms with van der Waals surface area (Å²) in [5.74, 6) is 0.908. The monoisotopic (exact) mass is 437 g/mol. The summed E-state index contributed by atoms with van der Waals surface area (Å²) in [5, 5.41) is 7.47. The number of rotatable bonds is 4. The maximum absolute atomic E-state index is 13.4. The van der Waals surface area contributed by atoms with Crippen LogP contribution in [0.4, 0.5) is 4.39 Å². The fourth-order valence-corrected chi connectivity index (χ4v) is 3.76. The van der Waals surface area contributed by atoms with E-state index in [4.69, 9.17) is 14.7 Å². The molecule has 0 amide bonds. The first kappa shape index (κ1) is 19.1. The fourth-order valence-electron chi connectivity index (χ4n) is 3.76. The normalized spacial score (nSPS) is 11.3. The van der Waals surface area contributed by atoms with Crippen molar-refractivity contribution >= 4 is 22.1 Å². The Morgan fingerprint density at radius 2 is 1.70 bits per heavy atom. The van der Waals surface area contributed by atoms with Gasteiger partial charge >= 0.3 is 0 Å². The minimum Gasteiger partial charge on any atom is -0.495 e. The van der Waals surface area contributed by atoms with Gasteiger partial charge in [-0.05, 0) is 48.5 Å². The summed E-state index contributed by atoms with van der Waals surface area (Å²) in [7, 11) is 1.60. The first-order chi connectivity index (χ1) is 16.2. The molecule has 5 heterocycles. The molecular weight excluding hydrogens is 421 g/mol. The van der Waals surface area contributed by atoms with Crippen LogP contribution in [0.5, 0.6) is 5.75 Å². The third-order valence-electron chi connectivity index (χ3n) is 5.40. The number of hydrogen-bond acceptors (Lipinski definition) is 6. The van der Waals surface area contributed by atoms with Crippen LogP contribution in [-0.2, 0) is 0 Å². The van der Waals surface area contributed by atoms with E-state index in [9.17, 15) is 4.39 Å². The van der Waals surface area contributed by atoms with Crippen LogP contribution < -0.4 is 4.74 Å². The zero-order chi connectivity index (χ0) is 22.4. The number of aromatic nitrogens is 7. The Morgan fingerprint density at radius 1 is 0.848 bits per heavy atom. The van der Waals surface area contributed by atoms with Gasteiger partial charge in [0.15, 0.2) is 11.5 Å².